The zero-order valence-corrected chi connectivity index (χ0v) is 8.16. The van der Waals surface area contributed by atoms with Crippen LogP contribution in [-0.4, -0.2) is 43.2 Å². The first-order chi connectivity index (χ1) is 6.27. The predicted octanol–water partition coefficient (Wildman–Crippen LogP) is -0.0274. The van der Waals surface area contributed by atoms with Crippen molar-refractivity contribution < 1.29 is 9.53 Å². The molecular weight excluding hydrogens is 168 g/mol. The first-order valence-corrected chi connectivity index (χ1v) is 4.87. The Morgan fingerprint density at radius 1 is 1.69 bits per heavy atom. The largest absolute Gasteiger partial charge is 0.373 e. The van der Waals surface area contributed by atoms with Crippen LogP contribution in [0.15, 0.2) is 0 Å². The Kier molecular flexibility index (Phi) is 4.18. The van der Waals surface area contributed by atoms with Crippen LogP contribution in [-0.2, 0) is 9.53 Å². The van der Waals surface area contributed by atoms with Gasteiger partial charge in [-0.15, -0.1) is 0 Å². The quantitative estimate of drug-likeness (QED) is 0.673. The van der Waals surface area contributed by atoms with Crippen molar-refractivity contribution in [3.63, 3.8) is 0 Å². The molecule has 1 aliphatic rings. The summed E-state index contributed by atoms with van der Waals surface area (Å²) in [6.07, 6.45) is 1.58. The third-order valence-electron chi connectivity index (χ3n) is 2.22. The SMILES string of the molecule is CCCC(=O)N1CCOC(CN)C1. The maximum atomic E-state index is 11.5. The molecule has 0 aromatic carbocycles. The Hall–Kier alpha value is -0.610. The van der Waals surface area contributed by atoms with Gasteiger partial charge in [0.05, 0.1) is 12.7 Å². The monoisotopic (exact) mass is 186 g/mol. The lowest BCUT2D eigenvalue weighted by atomic mass is 10.2. The molecule has 0 spiro atoms. The molecule has 1 rings (SSSR count). The molecule has 1 unspecified atom stereocenters. The number of hydrogen-bond donors (Lipinski definition) is 1. The molecule has 2 N–H and O–H groups in total. The van der Waals surface area contributed by atoms with Crippen molar-refractivity contribution in [2.45, 2.75) is 25.9 Å². The summed E-state index contributed by atoms with van der Waals surface area (Å²) >= 11 is 0. The average molecular weight is 186 g/mol. The number of rotatable bonds is 3. The molecule has 0 radical (unpaired) electrons. The lowest BCUT2D eigenvalue weighted by Gasteiger charge is -2.32. The van der Waals surface area contributed by atoms with E-state index in [1.807, 2.05) is 11.8 Å². The Morgan fingerprint density at radius 2 is 2.46 bits per heavy atom. The van der Waals surface area contributed by atoms with Crippen LogP contribution in [0.2, 0.25) is 0 Å². The molecule has 1 heterocycles. The number of amides is 1. The van der Waals surface area contributed by atoms with Gasteiger partial charge >= 0.3 is 0 Å². The average Bonchev–Trinajstić information content (AvgIpc) is 2.18. The number of carbonyl (C=O) groups is 1. The normalized spacial score (nSPS) is 23.2. The van der Waals surface area contributed by atoms with E-state index in [0.717, 1.165) is 13.0 Å². The molecule has 0 bridgehead atoms. The summed E-state index contributed by atoms with van der Waals surface area (Å²) in [7, 11) is 0. The van der Waals surface area contributed by atoms with Crippen molar-refractivity contribution in [3.8, 4) is 0 Å². The summed E-state index contributed by atoms with van der Waals surface area (Å²) in [6, 6.07) is 0. The van der Waals surface area contributed by atoms with Gasteiger partial charge in [0.15, 0.2) is 0 Å². The number of hydrogen-bond acceptors (Lipinski definition) is 3. The van der Waals surface area contributed by atoms with Gasteiger partial charge in [-0.1, -0.05) is 6.92 Å². The van der Waals surface area contributed by atoms with Crippen LogP contribution in [0.1, 0.15) is 19.8 Å². The molecule has 0 aliphatic carbocycles. The van der Waals surface area contributed by atoms with Gasteiger partial charge in [0.2, 0.25) is 5.91 Å². The van der Waals surface area contributed by atoms with E-state index >= 15 is 0 Å². The van der Waals surface area contributed by atoms with Crippen LogP contribution in [0.3, 0.4) is 0 Å². The molecule has 1 aliphatic heterocycles. The summed E-state index contributed by atoms with van der Waals surface area (Å²) < 4.78 is 5.37. The maximum absolute atomic E-state index is 11.5. The van der Waals surface area contributed by atoms with Crippen LogP contribution in [0.4, 0.5) is 0 Å². The van der Waals surface area contributed by atoms with E-state index < -0.39 is 0 Å². The van der Waals surface area contributed by atoms with Gasteiger partial charge in [-0.3, -0.25) is 4.79 Å². The smallest absolute Gasteiger partial charge is 0.222 e. The second kappa shape index (κ2) is 5.19. The van der Waals surface area contributed by atoms with E-state index in [1.54, 1.807) is 0 Å². The highest BCUT2D eigenvalue weighted by Crippen LogP contribution is 2.06. The van der Waals surface area contributed by atoms with Crippen LogP contribution < -0.4 is 5.73 Å². The maximum Gasteiger partial charge on any atom is 0.222 e. The van der Waals surface area contributed by atoms with Gasteiger partial charge in [0.1, 0.15) is 0 Å². The van der Waals surface area contributed by atoms with Crippen molar-refractivity contribution in [3.05, 3.63) is 0 Å². The van der Waals surface area contributed by atoms with E-state index in [1.165, 1.54) is 0 Å². The van der Waals surface area contributed by atoms with Crippen LogP contribution in [0.5, 0.6) is 0 Å². The second-order valence-electron chi connectivity index (χ2n) is 3.32. The highest BCUT2D eigenvalue weighted by molar-refractivity contribution is 5.76. The molecule has 4 heteroatoms. The molecule has 1 amide bonds. The second-order valence-corrected chi connectivity index (χ2v) is 3.32. The van der Waals surface area contributed by atoms with Gasteiger partial charge in [-0.2, -0.15) is 0 Å². The first-order valence-electron chi connectivity index (χ1n) is 4.87. The third-order valence-corrected chi connectivity index (χ3v) is 2.22. The zero-order chi connectivity index (χ0) is 9.68. The summed E-state index contributed by atoms with van der Waals surface area (Å²) in [5.74, 6) is 0.226. The Balaban J connectivity index is 2.37. The Labute approximate surface area is 79.0 Å². The van der Waals surface area contributed by atoms with Gasteiger partial charge in [-0.05, 0) is 6.42 Å². The summed E-state index contributed by atoms with van der Waals surface area (Å²) in [5, 5.41) is 0. The number of carbonyl (C=O) groups excluding carboxylic acids is 1. The number of nitrogens with two attached hydrogens (primary N) is 1. The highest BCUT2D eigenvalue weighted by atomic mass is 16.5. The van der Waals surface area contributed by atoms with Gasteiger partial charge in [0.25, 0.3) is 0 Å². The molecule has 0 saturated carbocycles. The predicted molar refractivity (Wildman–Crippen MR) is 50.3 cm³/mol. The van der Waals surface area contributed by atoms with Gasteiger partial charge < -0.3 is 15.4 Å². The van der Waals surface area contributed by atoms with E-state index in [0.29, 0.717) is 26.1 Å². The number of morpholine rings is 1. The molecular formula is C9H18N2O2. The molecule has 4 nitrogen and oxygen atoms in total. The third kappa shape index (κ3) is 2.97. The highest BCUT2D eigenvalue weighted by Gasteiger charge is 2.22. The molecule has 0 aromatic heterocycles. The lowest BCUT2D eigenvalue weighted by Crippen LogP contribution is -2.48. The Bertz CT molecular complexity index is 173. The van der Waals surface area contributed by atoms with Crippen molar-refractivity contribution in [2.75, 3.05) is 26.2 Å². The van der Waals surface area contributed by atoms with E-state index in [9.17, 15) is 4.79 Å². The minimum absolute atomic E-state index is 0.0366. The zero-order valence-electron chi connectivity index (χ0n) is 8.16. The molecule has 1 fully saturated rings. The lowest BCUT2D eigenvalue weighted by molar-refractivity contribution is -0.138. The number of ether oxygens (including phenoxy) is 1. The minimum atomic E-state index is 0.0366. The molecule has 76 valence electrons. The minimum Gasteiger partial charge on any atom is -0.373 e. The van der Waals surface area contributed by atoms with Crippen LogP contribution in [0, 0.1) is 0 Å². The van der Waals surface area contributed by atoms with Crippen molar-refractivity contribution in [2.24, 2.45) is 5.73 Å². The molecule has 1 saturated heterocycles. The fourth-order valence-electron chi connectivity index (χ4n) is 1.46. The van der Waals surface area contributed by atoms with Gasteiger partial charge in [-0.25, -0.2) is 0 Å². The van der Waals surface area contributed by atoms with Gasteiger partial charge in [0, 0.05) is 26.1 Å². The molecule has 1 atom stereocenters. The Morgan fingerprint density at radius 3 is 3.08 bits per heavy atom. The van der Waals surface area contributed by atoms with Crippen LogP contribution in [0.25, 0.3) is 0 Å². The van der Waals surface area contributed by atoms with E-state index in [-0.39, 0.29) is 12.0 Å². The standard InChI is InChI=1S/C9H18N2O2/c1-2-3-9(12)11-4-5-13-8(6-10)7-11/h8H,2-7,10H2,1H3. The van der Waals surface area contributed by atoms with Crippen LogP contribution >= 0.6 is 0 Å². The molecule has 13 heavy (non-hydrogen) atoms. The van der Waals surface area contributed by atoms with Crippen molar-refractivity contribution in [1.29, 1.82) is 0 Å². The number of nitrogens with zero attached hydrogens (tertiary/aromatic N) is 1. The topological polar surface area (TPSA) is 55.6 Å². The summed E-state index contributed by atoms with van der Waals surface area (Å²) in [4.78, 5) is 13.3. The first kappa shape index (κ1) is 10.5. The van der Waals surface area contributed by atoms with E-state index in [4.69, 9.17) is 10.5 Å². The fourth-order valence-corrected chi connectivity index (χ4v) is 1.46. The van der Waals surface area contributed by atoms with E-state index in [2.05, 4.69) is 0 Å². The van der Waals surface area contributed by atoms with Crippen molar-refractivity contribution >= 4 is 5.91 Å². The summed E-state index contributed by atoms with van der Waals surface area (Å²) in [6.45, 7) is 4.51. The fraction of sp³-hybridized carbons (Fsp3) is 0.889. The molecule has 0 aromatic rings. The summed E-state index contributed by atoms with van der Waals surface area (Å²) in [5.41, 5.74) is 5.48. The van der Waals surface area contributed by atoms with Crippen molar-refractivity contribution in [1.82, 2.24) is 4.90 Å².